The van der Waals surface area contributed by atoms with Crippen molar-refractivity contribution in [3.63, 3.8) is 0 Å². The molecule has 1 rings (SSSR count). The molecule has 0 unspecified atom stereocenters. The first kappa shape index (κ1) is 13.2. The van der Waals surface area contributed by atoms with Crippen LogP contribution in [0, 0.1) is 0 Å². The number of nitrogens with zero attached hydrogens (tertiary/aromatic N) is 1. The van der Waals surface area contributed by atoms with Crippen molar-refractivity contribution in [3.8, 4) is 0 Å². The summed E-state index contributed by atoms with van der Waals surface area (Å²) in [6.45, 7) is -0.925. The number of halogens is 4. The van der Waals surface area contributed by atoms with Crippen LogP contribution in [0.4, 0.5) is 18.9 Å². The lowest BCUT2D eigenvalue weighted by atomic mass is 10.4. The summed E-state index contributed by atoms with van der Waals surface area (Å²) >= 11 is 3.23. The van der Waals surface area contributed by atoms with Crippen LogP contribution < -0.4 is 5.32 Å². The molecule has 0 bridgehead atoms. The summed E-state index contributed by atoms with van der Waals surface area (Å²) in [6, 6.07) is 1.77. The maximum Gasteiger partial charge on any atom is 0.411 e. The topological polar surface area (TPSA) is 34.1 Å². The van der Waals surface area contributed by atoms with Crippen molar-refractivity contribution >= 4 is 21.6 Å². The summed E-state index contributed by atoms with van der Waals surface area (Å²) in [4.78, 5) is 3.89. The lowest BCUT2D eigenvalue weighted by Gasteiger charge is -2.09. The van der Waals surface area contributed by atoms with E-state index >= 15 is 0 Å². The first-order valence-corrected chi connectivity index (χ1v) is 5.25. The van der Waals surface area contributed by atoms with E-state index in [1.165, 1.54) is 0 Å². The fourth-order valence-electron chi connectivity index (χ4n) is 0.964. The molecule has 7 heteroatoms. The Morgan fingerprint density at radius 3 is 2.75 bits per heavy atom. The molecule has 16 heavy (non-hydrogen) atoms. The molecule has 90 valence electrons. The first-order valence-electron chi connectivity index (χ1n) is 4.46. The minimum Gasteiger partial charge on any atom is -0.381 e. The molecule has 1 N–H and O–H groups in total. The molecule has 0 aliphatic rings. The van der Waals surface area contributed by atoms with Gasteiger partial charge in [-0.3, -0.25) is 4.98 Å². The first-order chi connectivity index (χ1) is 7.47. The molecule has 0 atom stereocenters. The number of aromatic nitrogens is 1. The van der Waals surface area contributed by atoms with Crippen LogP contribution in [0.5, 0.6) is 0 Å². The lowest BCUT2D eigenvalue weighted by Crippen LogP contribution is -2.20. The van der Waals surface area contributed by atoms with E-state index in [0.29, 0.717) is 6.54 Å². The predicted molar refractivity (Wildman–Crippen MR) is 57.3 cm³/mol. The largest absolute Gasteiger partial charge is 0.411 e. The molecule has 0 radical (unpaired) electrons. The molecule has 0 saturated heterocycles. The summed E-state index contributed by atoms with van der Waals surface area (Å²) in [5, 5.41) is 2.89. The third kappa shape index (κ3) is 5.92. The van der Waals surface area contributed by atoms with E-state index in [0.717, 1.165) is 10.2 Å². The molecule has 0 fully saturated rings. The van der Waals surface area contributed by atoms with Crippen LogP contribution in [0.1, 0.15) is 0 Å². The van der Waals surface area contributed by atoms with Gasteiger partial charge in [-0.1, -0.05) is 0 Å². The molecule has 0 aliphatic heterocycles. The molecular formula is C9H10BrF3N2O. The number of hydrogen-bond donors (Lipinski definition) is 1. The van der Waals surface area contributed by atoms with E-state index in [2.05, 4.69) is 31.0 Å². The van der Waals surface area contributed by atoms with Crippen LogP contribution in [0.3, 0.4) is 0 Å². The standard InChI is InChI=1S/C9H10BrF3N2O/c10-7-3-8(5-14-4-7)15-1-2-16-6-9(11,12)13/h3-5,15H,1-2,6H2. The second kappa shape index (κ2) is 6.05. The van der Waals surface area contributed by atoms with Gasteiger partial charge in [0.05, 0.1) is 18.5 Å². The smallest absolute Gasteiger partial charge is 0.381 e. The van der Waals surface area contributed by atoms with Crippen LogP contribution in [-0.4, -0.2) is 30.9 Å². The monoisotopic (exact) mass is 298 g/mol. The maximum absolute atomic E-state index is 11.7. The van der Waals surface area contributed by atoms with Crippen LogP contribution in [0.2, 0.25) is 0 Å². The van der Waals surface area contributed by atoms with Crippen molar-refractivity contribution in [1.29, 1.82) is 0 Å². The number of rotatable bonds is 5. The molecule has 0 amide bonds. The Balaban J connectivity index is 2.17. The third-order valence-electron chi connectivity index (χ3n) is 1.55. The highest BCUT2D eigenvalue weighted by atomic mass is 79.9. The number of ether oxygens (including phenoxy) is 1. The summed E-state index contributed by atoms with van der Waals surface area (Å²) in [7, 11) is 0. The van der Waals surface area contributed by atoms with E-state index in [1.54, 1.807) is 18.5 Å². The van der Waals surface area contributed by atoms with Gasteiger partial charge >= 0.3 is 6.18 Å². The molecule has 0 aromatic carbocycles. The zero-order valence-electron chi connectivity index (χ0n) is 8.22. The van der Waals surface area contributed by atoms with Gasteiger partial charge in [0.1, 0.15) is 6.61 Å². The highest BCUT2D eigenvalue weighted by Crippen LogP contribution is 2.15. The zero-order valence-corrected chi connectivity index (χ0v) is 9.81. The highest BCUT2D eigenvalue weighted by molar-refractivity contribution is 9.10. The Bertz CT molecular complexity index is 333. The van der Waals surface area contributed by atoms with Crippen LogP contribution in [-0.2, 0) is 4.74 Å². The number of alkyl halides is 3. The number of anilines is 1. The zero-order chi connectivity index (χ0) is 12.0. The van der Waals surface area contributed by atoms with Gasteiger partial charge < -0.3 is 10.1 Å². The van der Waals surface area contributed by atoms with Crippen molar-refractivity contribution in [1.82, 2.24) is 4.98 Å². The Morgan fingerprint density at radius 1 is 1.38 bits per heavy atom. The van der Waals surface area contributed by atoms with Crippen molar-refractivity contribution in [2.24, 2.45) is 0 Å². The fraction of sp³-hybridized carbons (Fsp3) is 0.444. The summed E-state index contributed by atoms with van der Waals surface area (Å²) in [5.41, 5.74) is 0.727. The Morgan fingerprint density at radius 2 is 2.12 bits per heavy atom. The van der Waals surface area contributed by atoms with Gasteiger partial charge in [0.25, 0.3) is 0 Å². The van der Waals surface area contributed by atoms with E-state index in [4.69, 9.17) is 0 Å². The quantitative estimate of drug-likeness (QED) is 0.849. The van der Waals surface area contributed by atoms with Crippen molar-refractivity contribution in [2.75, 3.05) is 25.1 Å². The Kier molecular flexibility index (Phi) is 5.01. The number of hydrogen-bond acceptors (Lipinski definition) is 3. The lowest BCUT2D eigenvalue weighted by molar-refractivity contribution is -0.172. The molecule has 0 spiro atoms. The average molecular weight is 299 g/mol. The summed E-state index contributed by atoms with van der Waals surface area (Å²) in [5.74, 6) is 0. The molecule has 0 aliphatic carbocycles. The Hall–Kier alpha value is -0.820. The summed E-state index contributed by atoms with van der Waals surface area (Å²) < 4.78 is 40.3. The van der Waals surface area contributed by atoms with Gasteiger partial charge in [-0.25, -0.2) is 0 Å². The summed E-state index contributed by atoms with van der Waals surface area (Å²) in [6.07, 6.45) is -1.07. The minimum absolute atomic E-state index is 0.00791. The van der Waals surface area contributed by atoms with E-state index in [1.807, 2.05) is 0 Å². The van der Waals surface area contributed by atoms with Gasteiger partial charge in [0, 0.05) is 17.2 Å². The van der Waals surface area contributed by atoms with Gasteiger partial charge in [-0.05, 0) is 22.0 Å². The van der Waals surface area contributed by atoms with E-state index < -0.39 is 12.8 Å². The molecule has 0 saturated carbocycles. The minimum atomic E-state index is -4.27. The molecule has 3 nitrogen and oxygen atoms in total. The van der Waals surface area contributed by atoms with Gasteiger partial charge in [-0.15, -0.1) is 0 Å². The SMILES string of the molecule is FC(F)(F)COCCNc1cncc(Br)c1. The second-order valence-electron chi connectivity index (χ2n) is 2.99. The van der Waals surface area contributed by atoms with Crippen molar-refractivity contribution < 1.29 is 17.9 Å². The van der Waals surface area contributed by atoms with Crippen LogP contribution in [0.25, 0.3) is 0 Å². The van der Waals surface area contributed by atoms with Gasteiger partial charge in [0.2, 0.25) is 0 Å². The fourth-order valence-corrected chi connectivity index (χ4v) is 1.33. The van der Waals surface area contributed by atoms with Crippen molar-refractivity contribution in [2.45, 2.75) is 6.18 Å². The van der Waals surface area contributed by atoms with Gasteiger partial charge in [-0.2, -0.15) is 13.2 Å². The number of pyridine rings is 1. The second-order valence-corrected chi connectivity index (χ2v) is 3.90. The predicted octanol–water partition coefficient (Wildman–Crippen LogP) is 2.83. The normalized spacial score (nSPS) is 11.5. The molecule has 1 aromatic rings. The average Bonchev–Trinajstić information content (AvgIpc) is 2.15. The van der Waals surface area contributed by atoms with E-state index in [9.17, 15) is 13.2 Å². The molecule has 1 heterocycles. The molecule has 1 aromatic heterocycles. The van der Waals surface area contributed by atoms with Crippen molar-refractivity contribution in [3.05, 3.63) is 22.9 Å². The highest BCUT2D eigenvalue weighted by Gasteiger charge is 2.27. The van der Waals surface area contributed by atoms with Crippen LogP contribution >= 0.6 is 15.9 Å². The Labute approximate surface area is 99.1 Å². The van der Waals surface area contributed by atoms with Gasteiger partial charge in [0.15, 0.2) is 0 Å². The van der Waals surface area contributed by atoms with E-state index in [-0.39, 0.29) is 6.61 Å². The number of nitrogens with one attached hydrogen (secondary N) is 1. The molecular weight excluding hydrogens is 289 g/mol. The maximum atomic E-state index is 11.7. The van der Waals surface area contributed by atoms with Crippen LogP contribution in [0.15, 0.2) is 22.9 Å². The third-order valence-corrected chi connectivity index (χ3v) is 1.98.